The third-order valence-electron chi connectivity index (χ3n) is 3.86. The standard InChI is InChI=1S/C17H22F2N2O4/c1-10-9-20(5-6-21(10)16(24)25-17(2,3)4)14-8-12(18)11(15(22)23)7-13(14)19/h7-8,10H,5-6,9H2,1-4H3,(H,22,23)/t10-/m1/s1. The van der Waals surface area contributed by atoms with E-state index in [0.29, 0.717) is 6.07 Å². The average Bonchev–Trinajstić information content (AvgIpc) is 2.46. The van der Waals surface area contributed by atoms with Crippen LogP contribution in [-0.4, -0.2) is 53.3 Å². The minimum absolute atomic E-state index is 0.0156. The van der Waals surface area contributed by atoms with Crippen LogP contribution in [0, 0.1) is 11.6 Å². The summed E-state index contributed by atoms with van der Waals surface area (Å²) in [6.07, 6.45) is -0.451. The average molecular weight is 356 g/mol. The number of piperazine rings is 1. The molecule has 0 unspecified atom stereocenters. The number of hydrogen-bond acceptors (Lipinski definition) is 4. The normalized spacial score (nSPS) is 18.2. The van der Waals surface area contributed by atoms with Crippen molar-refractivity contribution in [3.8, 4) is 0 Å². The molecule has 1 aromatic carbocycles. The van der Waals surface area contributed by atoms with E-state index in [1.807, 2.05) is 0 Å². The maximum absolute atomic E-state index is 14.2. The number of anilines is 1. The fourth-order valence-corrected chi connectivity index (χ4v) is 2.71. The zero-order valence-electron chi connectivity index (χ0n) is 14.7. The molecule has 0 aliphatic carbocycles. The van der Waals surface area contributed by atoms with Crippen molar-refractivity contribution < 1.29 is 28.2 Å². The van der Waals surface area contributed by atoms with E-state index in [2.05, 4.69) is 0 Å². The van der Waals surface area contributed by atoms with Gasteiger partial charge in [-0.1, -0.05) is 0 Å². The summed E-state index contributed by atoms with van der Waals surface area (Å²) in [5.41, 5.74) is -1.34. The predicted octanol–water partition coefficient (Wildman–Crippen LogP) is 3.11. The summed E-state index contributed by atoms with van der Waals surface area (Å²) in [6, 6.07) is 1.29. The highest BCUT2D eigenvalue weighted by atomic mass is 19.1. The molecule has 1 fully saturated rings. The molecular weight excluding hydrogens is 334 g/mol. The van der Waals surface area contributed by atoms with Crippen molar-refractivity contribution in [1.29, 1.82) is 0 Å². The summed E-state index contributed by atoms with van der Waals surface area (Å²) in [4.78, 5) is 26.2. The summed E-state index contributed by atoms with van der Waals surface area (Å²) < 4.78 is 33.4. The van der Waals surface area contributed by atoms with Crippen LogP contribution in [0.25, 0.3) is 0 Å². The van der Waals surface area contributed by atoms with Crippen LogP contribution in [0.5, 0.6) is 0 Å². The molecule has 1 N–H and O–H groups in total. The van der Waals surface area contributed by atoms with Crippen molar-refractivity contribution in [2.45, 2.75) is 39.3 Å². The molecule has 0 aromatic heterocycles. The number of nitrogens with zero attached hydrogens (tertiary/aromatic N) is 2. The Balaban J connectivity index is 2.14. The van der Waals surface area contributed by atoms with Crippen molar-refractivity contribution in [1.82, 2.24) is 4.90 Å². The summed E-state index contributed by atoms with van der Waals surface area (Å²) in [6.45, 7) is 7.96. The van der Waals surface area contributed by atoms with Crippen molar-refractivity contribution in [2.75, 3.05) is 24.5 Å². The molecule has 1 heterocycles. The molecular formula is C17H22F2N2O4. The maximum Gasteiger partial charge on any atom is 0.410 e. The van der Waals surface area contributed by atoms with E-state index in [0.717, 1.165) is 6.07 Å². The fraction of sp³-hybridized carbons (Fsp3) is 0.529. The third-order valence-corrected chi connectivity index (χ3v) is 3.86. The van der Waals surface area contributed by atoms with E-state index in [9.17, 15) is 18.4 Å². The Hall–Kier alpha value is -2.38. The highest BCUT2D eigenvalue weighted by Crippen LogP contribution is 2.26. The lowest BCUT2D eigenvalue weighted by Gasteiger charge is -2.41. The second-order valence-electron chi connectivity index (χ2n) is 7.06. The number of amides is 1. The largest absolute Gasteiger partial charge is 0.478 e. The first-order valence-electron chi connectivity index (χ1n) is 7.96. The van der Waals surface area contributed by atoms with Gasteiger partial charge in [0.15, 0.2) is 0 Å². The van der Waals surface area contributed by atoms with Crippen molar-refractivity contribution in [2.24, 2.45) is 0 Å². The molecule has 0 spiro atoms. The number of benzene rings is 1. The molecule has 1 aromatic rings. The number of ether oxygens (including phenoxy) is 1. The van der Waals surface area contributed by atoms with Gasteiger partial charge in [0, 0.05) is 31.7 Å². The quantitative estimate of drug-likeness (QED) is 0.882. The number of carboxylic acid groups (broad SMARTS) is 1. The van der Waals surface area contributed by atoms with Gasteiger partial charge in [-0.15, -0.1) is 0 Å². The number of hydrogen-bond donors (Lipinski definition) is 1. The van der Waals surface area contributed by atoms with Crippen molar-refractivity contribution >= 4 is 17.7 Å². The Morgan fingerprint density at radius 2 is 1.84 bits per heavy atom. The van der Waals surface area contributed by atoms with E-state index in [1.165, 1.54) is 0 Å². The minimum Gasteiger partial charge on any atom is -0.478 e. The summed E-state index contributed by atoms with van der Waals surface area (Å²) in [5, 5.41) is 8.84. The maximum atomic E-state index is 14.2. The van der Waals surface area contributed by atoms with Crippen LogP contribution >= 0.6 is 0 Å². The van der Waals surface area contributed by atoms with Gasteiger partial charge in [-0.2, -0.15) is 0 Å². The van der Waals surface area contributed by atoms with E-state index < -0.39 is 34.9 Å². The van der Waals surface area contributed by atoms with Crippen LogP contribution in [0.15, 0.2) is 12.1 Å². The number of carbonyl (C=O) groups excluding carboxylic acids is 1. The highest BCUT2D eigenvalue weighted by molar-refractivity contribution is 5.88. The SMILES string of the molecule is C[C@@H]1CN(c2cc(F)c(C(=O)O)cc2F)CCN1C(=O)OC(C)(C)C. The second kappa shape index (κ2) is 6.85. The van der Waals surface area contributed by atoms with Gasteiger partial charge in [0.05, 0.1) is 11.3 Å². The molecule has 1 aliphatic rings. The van der Waals surface area contributed by atoms with Gasteiger partial charge in [-0.05, 0) is 33.8 Å². The van der Waals surface area contributed by atoms with Gasteiger partial charge in [0.1, 0.15) is 17.2 Å². The first-order chi connectivity index (χ1) is 11.5. The molecule has 0 radical (unpaired) electrons. The van der Waals surface area contributed by atoms with Gasteiger partial charge in [0.2, 0.25) is 0 Å². The minimum atomic E-state index is -1.52. The zero-order chi connectivity index (χ0) is 18.9. The van der Waals surface area contributed by atoms with E-state index in [-0.39, 0.29) is 31.4 Å². The van der Waals surface area contributed by atoms with E-state index in [1.54, 1.807) is 37.5 Å². The fourth-order valence-electron chi connectivity index (χ4n) is 2.71. The number of carboxylic acids is 1. The summed E-state index contributed by atoms with van der Waals surface area (Å²) in [5.74, 6) is -3.33. The predicted molar refractivity (Wildman–Crippen MR) is 87.9 cm³/mol. The Bertz CT molecular complexity index is 688. The van der Waals surface area contributed by atoms with Crippen molar-refractivity contribution in [3.63, 3.8) is 0 Å². The Labute approximate surface area is 145 Å². The van der Waals surface area contributed by atoms with Crippen LogP contribution in [-0.2, 0) is 4.74 Å². The van der Waals surface area contributed by atoms with Crippen LogP contribution in [0.4, 0.5) is 19.3 Å². The van der Waals surface area contributed by atoms with Crippen LogP contribution in [0.3, 0.4) is 0 Å². The van der Waals surface area contributed by atoms with Gasteiger partial charge in [-0.3, -0.25) is 0 Å². The smallest absolute Gasteiger partial charge is 0.410 e. The molecule has 0 saturated carbocycles. The van der Waals surface area contributed by atoms with Gasteiger partial charge < -0.3 is 19.6 Å². The molecule has 8 heteroatoms. The molecule has 1 atom stereocenters. The third kappa shape index (κ3) is 4.37. The number of aromatic carboxylic acids is 1. The molecule has 1 amide bonds. The highest BCUT2D eigenvalue weighted by Gasteiger charge is 2.32. The monoisotopic (exact) mass is 356 g/mol. The van der Waals surface area contributed by atoms with Gasteiger partial charge in [-0.25, -0.2) is 18.4 Å². The first-order valence-corrected chi connectivity index (χ1v) is 7.96. The van der Waals surface area contributed by atoms with Crippen LogP contribution in [0.1, 0.15) is 38.1 Å². The lowest BCUT2D eigenvalue weighted by Crippen LogP contribution is -2.55. The topological polar surface area (TPSA) is 70.1 Å². The van der Waals surface area contributed by atoms with Crippen LogP contribution in [0.2, 0.25) is 0 Å². The second-order valence-corrected chi connectivity index (χ2v) is 7.06. The van der Waals surface area contributed by atoms with Gasteiger partial charge >= 0.3 is 12.1 Å². The Kier molecular flexibility index (Phi) is 5.20. The number of rotatable bonds is 2. The molecule has 1 aliphatic heterocycles. The summed E-state index contributed by atoms with van der Waals surface area (Å²) in [7, 11) is 0. The van der Waals surface area contributed by atoms with Gasteiger partial charge in [0.25, 0.3) is 0 Å². The zero-order valence-corrected chi connectivity index (χ0v) is 14.7. The molecule has 6 nitrogen and oxygen atoms in total. The molecule has 138 valence electrons. The molecule has 0 bridgehead atoms. The Morgan fingerprint density at radius 1 is 1.20 bits per heavy atom. The lowest BCUT2D eigenvalue weighted by molar-refractivity contribution is 0.0158. The summed E-state index contributed by atoms with van der Waals surface area (Å²) >= 11 is 0. The van der Waals surface area contributed by atoms with E-state index >= 15 is 0 Å². The van der Waals surface area contributed by atoms with Crippen LogP contribution < -0.4 is 4.90 Å². The Morgan fingerprint density at radius 3 is 2.36 bits per heavy atom. The molecule has 25 heavy (non-hydrogen) atoms. The number of halogens is 2. The first kappa shape index (κ1) is 19.0. The number of carbonyl (C=O) groups is 2. The van der Waals surface area contributed by atoms with E-state index in [4.69, 9.17) is 9.84 Å². The molecule has 1 saturated heterocycles. The molecule has 2 rings (SSSR count). The lowest BCUT2D eigenvalue weighted by atomic mass is 10.1. The van der Waals surface area contributed by atoms with Crippen molar-refractivity contribution in [3.05, 3.63) is 29.3 Å².